The van der Waals surface area contributed by atoms with Crippen molar-refractivity contribution >= 4 is 21.8 Å². The zero-order valence-corrected chi connectivity index (χ0v) is 20.5. The number of benzene rings is 4. The van der Waals surface area contributed by atoms with Crippen LogP contribution >= 0.6 is 0 Å². The highest BCUT2D eigenvalue weighted by molar-refractivity contribution is 6.04. The molecule has 0 saturated heterocycles. The van der Waals surface area contributed by atoms with E-state index < -0.39 is 0 Å². The molecule has 4 aromatic carbocycles. The second-order valence-electron chi connectivity index (χ2n) is 9.17. The van der Waals surface area contributed by atoms with E-state index in [0.29, 0.717) is 5.82 Å². The molecule has 0 atom stereocenters. The third-order valence-electron chi connectivity index (χ3n) is 6.80. The Balaban J connectivity index is 1.34. The molecule has 4 nitrogen and oxygen atoms in total. The molecule has 0 amide bonds. The molecule has 178 valence electrons. The standard InChI is InChI=1S/C34H22N4/c1-3-9-23(10-4-1)27-21-35-34(36-22-27)31-20-18-26-16-15-25-17-19-30(37-32(25)33(26)38-31)29-14-8-7-13-28(29)24-11-5-2-6-12-24/h1-22H. The number of aromatic nitrogens is 4. The van der Waals surface area contributed by atoms with E-state index in [2.05, 4.69) is 101 Å². The van der Waals surface area contributed by atoms with E-state index in [9.17, 15) is 0 Å². The lowest BCUT2D eigenvalue weighted by Gasteiger charge is -2.11. The summed E-state index contributed by atoms with van der Waals surface area (Å²) in [6.07, 6.45) is 3.70. The maximum Gasteiger partial charge on any atom is 0.178 e. The highest BCUT2D eigenvalue weighted by Gasteiger charge is 2.12. The van der Waals surface area contributed by atoms with Crippen molar-refractivity contribution in [3.8, 4) is 45.0 Å². The van der Waals surface area contributed by atoms with Gasteiger partial charge in [0.05, 0.1) is 16.7 Å². The Morgan fingerprint density at radius 2 is 0.868 bits per heavy atom. The second-order valence-corrected chi connectivity index (χ2v) is 9.17. The predicted octanol–water partition coefficient (Wildman–Crippen LogP) is 8.24. The summed E-state index contributed by atoms with van der Waals surface area (Å²) in [7, 11) is 0. The van der Waals surface area contributed by atoms with E-state index in [1.165, 1.54) is 5.56 Å². The largest absolute Gasteiger partial charge is 0.245 e. The smallest absolute Gasteiger partial charge is 0.178 e. The summed E-state index contributed by atoms with van der Waals surface area (Å²) in [5.41, 5.74) is 8.82. The molecule has 0 saturated carbocycles. The number of nitrogens with zero attached hydrogens (tertiary/aromatic N) is 4. The zero-order chi connectivity index (χ0) is 25.3. The molecule has 3 heterocycles. The van der Waals surface area contributed by atoms with Crippen molar-refractivity contribution in [1.29, 1.82) is 0 Å². The van der Waals surface area contributed by atoms with Crippen LogP contribution < -0.4 is 0 Å². The maximum absolute atomic E-state index is 5.15. The van der Waals surface area contributed by atoms with Gasteiger partial charge in [-0.05, 0) is 28.8 Å². The fourth-order valence-electron chi connectivity index (χ4n) is 4.86. The van der Waals surface area contributed by atoms with Crippen molar-refractivity contribution in [1.82, 2.24) is 19.9 Å². The number of pyridine rings is 2. The zero-order valence-electron chi connectivity index (χ0n) is 20.5. The Labute approximate surface area is 220 Å². The predicted molar refractivity (Wildman–Crippen MR) is 154 cm³/mol. The van der Waals surface area contributed by atoms with Gasteiger partial charge in [0.25, 0.3) is 0 Å². The lowest BCUT2D eigenvalue weighted by Crippen LogP contribution is -1.95. The summed E-state index contributed by atoms with van der Waals surface area (Å²) >= 11 is 0. The van der Waals surface area contributed by atoms with Crippen molar-refractivity contribution in [3.63, 3.8) is 0 Å². The van der Waals surface area contributed by atoms with Gasteiger partial charge in [0.1, 0.15) is 5.69 Å². The van der Waals surface area contributed by atoms with Gasteiger partial charge in [-0.15, -0.1) is 0 Å². The maximum atomic E-state index is 5.15. The van der Waals surface area contributed by atoms with E-state index in [-0.39, 0.29) is 0 Å². The average molecular weight is 487 g/mol. The van der Waals surface area contributed by atoms with E-state index in [0.717, 1.165) is 55.4 Å². The molecule has 3 aromatic heterocycles. The second kappa shape index (κ2) is 9.34. The first-order valence-electron chi connectivity index (χ1n) is 12.6. The van der Waals surface area contributed by atoms with Crippen LogP contribution in [0.25, 0.3) is 66.8 Å². The lowest BCUT2D eigenvalue weighted by molar-refractivity contribution is 1.15. The molecule has 0 N–H and O–H groups in total. The molecule has 4 heteroatoms. The van der Waals surface area contributed by atoms with Gasteiger partial charge in [0, 0.05) is 34.3 Å². The highest BCUT2D eigenvalue weighted by Crippen LogP contribution is 2.33. The Morgan fingerprint density at radius 1 is 0.368 bits per heavy atom. The monoisotopic (exact) mass is 486 g/mol. The SMILES string of the molecule is c1ccc(-c2cnc(-c3ccc4ccc5ccc(-c6ccccc6-c6ccccc6)nc5c4n3)nc2)cc1. The Kier molecular flexibility index (Phi) is 5.41. The van der Waals surface area contributed by atoms with E-state index in [1.54, 1.807) is 0 Å². The molecule has 0 fully saturated rings. The van der Waals surface area contributed by atoms with Crippen molar-refractivity contribution in [2.45, 2.75) is 0 Å². The van der Waals surface area contributed by atoms with Crippen molar-refractivity contribution in [2.24, 2.45) is 0 Å². The first kappa shape index (κ1) is 22.0. The number of fused-ring (bicyclic) bond motifs is 3. The van der Waals surface area contributed by atoms with E-state index in [4.69, 9.17) is 9.97 Å². The highest BCUT2D eigenvalue weighted by atomic mass is 14.9. The van der Waals surface area contributed by atoms with Crippen LogP contribution in [0, 0.1) is 0 Å². The van der Waals surface area contributed by atoms with Crippen LogP contribution in [0.15, 0.2) is 134 Å². The summed E-state index contributed by atoms with van der Waals surface area (Å²) in [6.45, 7) is 0. The Morgan fingerprint density at radius 3 is 1.53 bits per heavy atom. The summed E-state index contributed by atoms with van der Waals surface area (Å²) < 4.78 is 0. The molecular formula is C34H22N4. The van der Waals surface area contributed by atoms with Crippen LogP contribution in [0.5, 0.6) is 0 Å². The molecule has 0 bridgehead atoms. The van der Waals surface area contributed by atoms with Gasteiger partial charge in [-0.1, -0.05) is 109 Å². The molecular weight excluding hydrogens is 464 g/mol. The minimum absolute atomic E-state index is 0.592. The fraction of sp³-hybridized carbons (Fsp3) is 0. The summed E-state index contributed by atoms with van der Waals surface area (Å²) in [6, 6.07) is 41.4. The lowest BCUT2D eigenvalue weighted by atomic mass is 9.97. The van der Waals surface area contributed by atoms with Gasteiger partial charge < -0.3 is 0 Å². The van der Waals surface area contributed by atoms with Crippen LogP contribution in [0.1, 0.15) is 0 Å². The molecule has 38 heavy (non-hydrogen) atoms. The Hall–Kier alpha value is -5.22. The minimum Gasteiger partial charge on any atom is -0.245 e. The summed E-state index contributed by atoms with van der Waals surface area (Å²) in [5, 5.41) is 2.08. The molecule has 0 radical (unpaired) electrons. The molecule has 0 aliphatic rings. The van der Waals surface area contributed by atoms with Crippen LogP contribution in [0.2, 0.25) is 0 Å². The summed E-state index contributed by atoms with van der Waals surface area (Å²) in [4.78, 5) is 19.4. The summed E-state index contributed by atoms with van der Waals surface area (Å²) in [5.74, 6) is 0.592. The van der Waals surface area contributed by atoms with Gasteiger partial charge in [-0.3, -0.25) is 0 Å². The number of hydrogen-bond donors (Lipinski definition) is 0. The quantitative estimate of drug-likeness (QED) is 0.235. The van der Waals surface area contributed by atoms with Crippen molar-refractivity contribution in [3.05, 3.63) is 134 Å². The van der Waals surface area contributed by atoms with E-state index in [1.807, 2.05) is 42.7 Å². The topological polar surface area (TPSA) is 51.6 Å². The van der Waals surface area contributed by atoms with Gasteiger partial charge in [-0.2, -0.15) is 0 Å². The average Bonchev–Trinajstić information content (AvgIpc) is 3.01. The molecule has 0 spiro atoms. The fourth-order valence-corrected chi connectivity index (χ4v) is 4.86. The van der Waals surface area contributed by atoms with Crippen LogP contribution in [0.3, 0.4) is 0 Å². The van der Waals surface area contributed by atoms with Crippen molar-refractivity contribution < 1.29 is 0 Å². The van der Waals surface area contributed by atoms with Crippen LogP contribution in [-0.4, -0.2) is 19.9 Å². The van der Waals surface area contributed by atoms with Crippen LogP contribution in [-0.2, 0) is 0 Å². The van der Waals surface area contributed by atoms with Crippen LogP contribution in [0.4, 0.5) is 0 Å². The molecule has 0 aliphatic carbocycles. The third kappa shape index (κ3) is 3.98. The molecule has 0 aliphatic heterocycles. The molecule has 7 aromatic rings. The number of hydrogen-bond acceptors (Lipinski definition) is 4. The van der Waals surface area contributed by atoms with Gasteiger partial charge in [0.2, 0.25) is 0 Å². The Bertz CT molecular complexity index is 1900. The molecule has 0 unspecified atom stereocenters. The minimum atomic E-state index is 0.592. The van der Waals surface area contributed by atoms with Gasteiger partial charge >= 0.3 is 0 Å². The van der Waals surface area contributed by atoms with Gasteiger partial charge in [0.15, 0.2) is 5.82 Å². The first-order chi connectivity index (χ1) is 18.8. The van der Waals surface area contributed by atoms with E-state index >= 15 is 0 Å². The normalized spacial score (nSPS) is 11.2. The third-order valence-corrected chi connectivity index (χ3v) is 6.80. The first-order valence-corrected chi connectivity index (χ1v) is 12.6. The molecule has 7 rings (SSSR count). The number of rotatable bonds is 4. The van der Waals surface area contributed by atoms with Crippen molar-refractivity contribution in [2.75, 3.05) is 0 Å². The van der Waals surface area contributed by atoms with Gasteiger partial charge in [-0.25, -0.2) is 19.9 Å².